The molecule has 33 heavy (non-hydrogen) atoms. The molecule has 2 heterocycles. The van der Waals surface area contributed by atoms with Crippen molar-refractivity contribution in [1.82, 2.24) is 0 Å². The first-order valence-corrected chi connectivity index (χ1v) is 14.2. The van der Waals surface area contributed by atoms with Crippen molar-refractivity contribution in [1.29, 1.82) is 0 Å². The molecule has 1 atom stereocenters. The topological polar surface area (TPSA) is 207 Å². The Kier molecular flexibility index (Phi) is 10.7. The van der Waals surface area contributed by atoms with E-state index in [1.54, 1.807) is 0 Å². The second-order valence-corrected chi connectivity index (χ2v) is 11.6. The maximum absolute atomic E-state index is 9.08. The van der Waals surface area contributed by atoms with Crippen LogP contribution in [0.5, 0.6) is 0 Å². The number of nitrogens with one attached hydrogen (secondary N) is 2. The Morgan fingerprint density at radius 1 is 1.18 bits per heavy atom. The smallest absolute Gasteiger partial charge is 0.362 e. The van der Waals surface area contributed by atoms with E-state index in [2.05, 4.69) is 22.1 Å². The van der Waals surface area contributed by atoms with Crippen LogP contribution in [0.2, 0.25) is 9.36 Å². The lowest BCUT2D eigenvalue weighted by Crippen LogP contribution is -2.73. The number of aromatic nitrogens is 1. The molecule has 0 aromatic carbocycles. The number of aryl methyl sites for hydroxylation is 1. The lowest BCUT2D eigenvalue weighted by molar-refractivity contribution is -0.464. The molecule has 0 amide bonds. The third kappa shape index (κ3) is 11.2. The van der Waals surface area contributed by atoms with Crippen LogP contribution in [0.1, 0.15) is 34.7 Å². The van der Waals surface area contributed by atoms with Gasteiger partial charge in [0.05, 0.1) is 40.9 Å². The lowest BCUT2D eigenvalue weighted by Gasteiger charge is -2.23. The largest absolute Gasteiger partial charge is 0.748 e. The normalized spacial score (nSPS) is 16.6. The standard InChI is InChI=1S/C15H15Cl2N5S.2CH4O3S/c1-7-2-3-20-10-4-8(13-9(16)6-23-14(13)17)5-11(12(7)10)21-22-15(18)19;2*1-5(2,3)4/h2-3,6,8H,4-5H2,1H3,(H4,18,19,22);2*1H3,(H,2,3,4)/b21-11+;;/t8-;;/m0../s1. The average Bonchev–Trinajstić information content (AvgIpc) is 2.95. The van der Waals surface area contributed by atoms with Gasteiger partial charge in [-0.2, -0.15) is 5.10 Å². The van der Waals surface area contributed by atoms with Crippen LogP contribution in [0.15, 0.2) is 22.7 Å². The summed E-state index contributed by atoms with van der Waals surface area (Å²) in [5, 5.41) is 9.62. The van der Waals surface area contributed by atoms with Crippen molar-refractivity contribution in [3.05, 3.63) is 49.4 Å². The first-order valence-electron chi connectivity index (χ1n) is 8.92. The summed E-state index contributed by atoms with van der Waals surface area (Å²) in [5.41, 5.74) is 16.2. The zero-order chi connectivity index (χ0) is 25.6. The van der Waals surface area contributed by atoms with Crippen molar-refractivity contribution in [2.75, 3.05) is 12.5 Å². The predicted molar refractivity (Wildman–Crippen MR) is 125 cm³/mol. The average molecular weight is 561 g/mol. The van der Waals surface area contributed by atoms with Gasteiger partial charge in [-0.1, -0.05) is 23.2 Å². The van der Waals surface area contributed by atoms with E-state index in [9.17, 15) is 0 Å². The Bertz CT molecular complexity index is 1190. The summed E-state index contributed by atoms with van der Waals surface area (Å²) >= 11 is 14.1. The van der Waals surface area contributed by atoms with Gasteiger partial charge in [-0.3, -0.25) is 11.5 Å². The maximum atomic E-state index is 9.08. The summed E-state index contributed by atoms with van der Waals surface area (Å²) in [6.45, 7) is 2.06. The summed E-state index contributed by atoms with van der Waals surface area (Å²) in [6.07, 6.45) is 4.68. The van der Waals surface area contributed by atoms with Crippen molar-refractivity contribution < 1.29 is 36.0 Å². The van der Waals surface area contributed by atoms with E-state index in [-0.39, 0.29) is 11.9 Å². The van der Waals surface area contributed by atoms with Gasteiger partial charge in [0.2, 0.25) is 0 Å². The van der Waals surface area contributed by atoms with Crippen molar-refractivity contribution in [2.24, 2.45) is 16.6 Å². The first kappa shape index (κ1) is 29.2. The predicted octanol–water partition coefficient (Wildman–Crippen LogP) is -0.712. The molecule has 3 rings (SSSR count). The molecule has 1 aliphatic rings. The van der Waals surface area contributed by atoms with Gasteiger partial charge in [0.15, 0.2) is 11.9 Å². The van der Waals surface area contributed by atoms with E-state index in [4.69, 9.17) is 60.6 Å². The van der Waals surface area contributed by atoms with E-state index in [1.165, 1.54) is 11.3 Å². The minimum Gasteiger partial charge on any atom is -0.748 e. The summed E-state index contributed by atoms with van der Waals surface area (Å²) in [5.74, 6) is 0.219. The number of hydrazone groups is 1. The lowest BCUT2D eigenvalue weighted by atomic mass is 9.81. The molecule has 6 N–H and O–H groups in total. The van der Waals surface area contributed by atoms with Crippen LogP contribution in [-0.2, 0) is 26.7 Å². The molecule has 0 fully saturated rings. The number of nitrogens with two attached hydrogens (primary N) is 2. The zero-order valence-electron chi connectivity index (χ0n) is 17.8. The van der Waals surface area contributed by atoms with Gasteiger partial charge in [-0.15, -0.1) is 16.4 Å². The Morgan fingerprint density at radius 3 is 2.18 bits per heavy atom. The van der Waals surface area contributed by atoms with Crippen molar-refractivity contribution in [3.63, 3.8) is 0 Å². The number of nitrogens with zero attached hydrogens (tertiary/aromatic N) is 1. The molecule has 184 valence electrons. The number of guanidine groups is 1. The van der Waals surface area contributed by atoms with Crippen LogP contribution in [0.25, 0.3) is 0 Å². The molecule has 0 unspecified atom stereocenters. The Hall–Kier alpha value is -1.81. The molecule has 2 aromatic rings. The Morgan fingerprint density at radius 2 is 1.73 bits per heavy atom. The third-order valence-corrected chi connectivity index (χ3v) is 5.62. The quantitative estimate of drug-likeness (QED) is 0.185. The third-order valence-electron chi connectivity index (χ3n) is 3.93. The summed E-state index contributed by atoms with van der Waals surface area (Å²) in [7, 11) is -7.83. The number of halogens is 2. The van der Waals surface area contributed by atoms with Crippen LogP contribution >= 0.6 is 34.5 Å². The van der Waals surface area contributed by atoms with Crippen LogP contribution < -0.4 is 21.6 Å². The van der Waals surface area contributed by atoms with Crippen LogP contribution in [0.3, 0.4) is 0 Å². The van der Waals surface area contributed by atoms with Gasteiger partial charge in [0, 0.05) is 48.3 Å². The molecule has 11 nitrogen and oxygen atoms in total. The first-order chi connectivity index (χ1) is 15.0. The Balaban J connectivity index is 0.000000460. The molecule has 0 aliphatic heterocycles. The van der Waals surface area contributed by atoms with Gasteiger partial charge in [-0.05, 0) is 12.5 Å². The number of pyridine rings is 1. The highest BCUT2D eigenvalue weighted by molar-refractivity contribution is 7.85. The number of hydrogen-bond acceptors (Lipinski definition) is 8. The second kappa shape index (κ2) is 12.1. The van der Waals surface area contributed by atoms with Gasteiger partial charge in [-0.25, -0.2) is 21.8 Å². The molecule has 0 bridgehead atoms. The van der Waals surface area contributed by atoms with Crippen LogP contribution in [-0.4, -0.2) is 50.1 Å². The SMILES string of the molecule is CS(=O)(=O)[O-].CS(=O)(=O)[O-].Cc1cc[nH+]c2c1/C(=N/[NH+]=C(N)N)C[C@@H](c1c(Cl)csc1Cl)C2. The molecular weight excluding hydrogens is 537 g/mol. The summed E-state index contributed by atoms with van der Waals surface area (Å²) < 4.78 is 55.2. The fourth-order valence-electron chi connectivity index (χ4n) is 3.00. The molecule has 0 radical (unpaired) electrons. The maximum Gasteiger partial charge on any atom is 0.362 e. The van der Waals surface area contributed by atoms with Crippen LogP contribution in [0.4, 0.5) is 0 Å². The highest BCUT2D eigenvalue weighted by Crippen LogP contribution is 2.42. The molecule has 1 aliphatic carbocycles. The second-order valence-electron chi connectivity index (χ2n) is 6.92. The number of rotatable bonds is 2. The number of hydrogen-bond donors (Lipinski definition) is 3. The highest BCUT2D eigenvalue weighted by Gasteiger charge is 2.33. The molecule has 0 spiro atoms. The van der Waals surface area contributed by atoms with E-state index in [0.29, 0.717) is 24.0 Å². The molecular formula is C17H23Cl2N5O6S3. The number of fused-ring (bicyclic) bond motifs is 1. The molecule has 2 aromatic heterocycles. The fraction of sp³-hybridized carbons (Fsp3) is 0.353. The number of thiophene rings is 1. The van der Waals surface area contributed by atoms with E-state index < -0.39 is 20.2 Å². The minimum absolute atomic E-state index is 0.0605. The minimum atomic E-state index is -3.92. The van der Waals surface area contributed by atoms with E-state index in [0.717, 1.165) is 38.9 Å². The number of aromatic amines is 1. The van der Waals surface area contributed by atoms with E-state index >= 15 is 0 Å². The van der Waals surface area contributed by atoms with Crippen molar-refractivity contribution in [2.45, 2.75) is 25.7 Å². The Labute approximate surface area is 206 Å². The monoisotopic (exact) mass is 559 g/mol. The summed E-state index contributed by atoms with van der Waals surface area (Å²) in [6, 6.07) is 2.02. The molecule has 0 saturated carbocycles. The summed E-state index contributed by atoms with van der Waals surface area (Å²) in [4.78, 5) is 3.32. The van der Waals surface area contributed by atoms with Gasteiger partial charge >= 0.3 is 5.96 Å². The molecule has 0 saturated heterocycles. The van der Waals surface area contributed by atoms with Crippen LogP contribution in [0, 0.1) is 6.92 Å². The van der Waals surface area contributed by atoms with Crippen molar-refractivity contribution >= 4 is 66.4 Å². The van der Waals surface area contributed by atoms with Gasteiger partial charge in [0.1, 0.15) is 0 Å². The zero-order valence-corrected chi connectivity index (χ0v) is 21.7. The highest BCUT2D eigenvalue weighted by atomic mass is 35.5. The molecule has 16 heteroatoms. The van der Waals surface area contributed by atoms with Crippen molar-refractivity contribution in [3.8, 4) is 0 Å². The fourth-order valence-corrected chi connectivity index (χ4v) is 4.61. The van der Waals surface area contributed by atoms with Gasteiger partial charge < -0.3 is 9.11 Å². The van der Waals surface area contributed by atoms with Gasteiger partial charge in [0.25, 0.3) is 0 Å². The van der Waals surface area contributed by atoms with E-state index in [1.807, 2.05) is 17.6 Å². The number of H-pyrrole nitrogens is 1.